The molecule has 0 bridgehead atoms. The normalized spacial score (nSPS) is 13.4. The zero-order valence-corrected chi connectivity index (χ0v) is 35.7. The first kappa shape index (κ1) is 37.3. The molecule has 0 spiro atoms. The van der Waals surface area contributed by atoms with Crippen molar-refractivity contribution >= 4 is 70.8 Å². The van der Waals surface area contributed by atoms with Gasteiger partial charge in [-0.2, -0.15) is 8.75 Å². The predicted octanol–water partition coefficient (Wildman–Crippen LogP) is 12.8. The molecule has 0 radical (unpaired) electrons. The highest BCUT2D eigenvalue weighted by Crippen LogP contribution is 2.55. The van der Waals surface area contributed by atoms with Gasteiger partial charge in [-0.05, 0) is 77.8 Å². The lowest BCUT2D eigenvalue weighted by molar-refractivity contribution is 0.401. The molecular weight excluding hydrogens is 769 g/mol. The fourth-order valence-corrected chi connectivity index (χ4v) is 9.26. The average Bonchev–Trinajstić information content (AvgIpc) is 3.64. The lowest BCUT2D eigenvalue weighted by atomic mass is 9.70. The van der Waals surface area contributed by atoms with Crippen LogP contribution in [-0.2, 0) is 5.41 Å². The van der Waals surface area contributed by atoms with E-state index < -0.39 is 16.1 Å². The molecule has 2 nitrogen and oxygen atoms in total. The quantitative estimate of drug-likeness (QED) is 0.0581. The Kier molecular flexibility index (Phi) is 12.7. The Bertz CT molecular complexity index is 1850. The molecule has 0 fully saturated rings. The summed E-state index contributed by atoms with van der Waals surface area (Å²) < 4.78 is 9.57. The smallest absolute Gasteiger partial charge is 0.129 e. The van der Waals surface area contributed by atoms with Crippen LogP contribution in [-0.4, -0.2) is 35.6 Å². The van der Waals surface area contributed by atoms with Crippen molar-refractivity contribution in [2.45, 2.75) is 109 Å². The largest absolute Gasteiger partial charge is 0.172 e. The number of benzene rings is 3. The van der Waals surface area contributed by atoms with Crippen LogP contribution < -0.4 is 0 Å². The second-order valence-electron chi connectivity index (χ2n) is 15.4. The van der Waals surface area contributed by atoms with Crippen molar-refractivity contribution in [3.8, 4) is 45.2 Å². The van der Waals surface area contributed by atoms with Crippen molar-refractivity contribution in [1.29, 1.82) is 0 Å². The van der Waals surface area contributed by atoms with Crippen LogP contribution in [0.15, 0.2) is 48.5 Å². The summed E-state index contributed by atoms with van der Waals surface area (Å²) in [4.78, 5) is 0. The van der Waals surface area contributed by atoms with Crippen LogP contribution in [0.2, 0.25) is 39.3 Å². The van der Waals surface area contributed by atoms with Gasteiger partial charge >= 0.3 is 0 Å². The second kappa shape index (κ2) is 16.3. The molecular formula is C41H50Br2N2SSi2. The van der Waals surface area contributed by atoms with Crippen LogP contribution in [0.5, 0.6) is 0 Å². The summed E-state index contributed by atoms with van der Waals surface area (Å²) in [6.07, 6.45) is 12.4. The first-order valence-corrected chi connectivity index (χ1v) is 27.7. The fraction of sp³-hybridized carbons (Fsp3) is 0.463. The van der Waals surface area contributed by atoms with Crippen molar-refractivity contribution in [2.75, 3.05) is 10.7 Å². The number of hydrogen-bond donors (Lipinski definition) is 0. The maximum absolute atomic E-state index is 4.83. The summed E-state index contributed by atoms with van der Waals surface area (Å²) in [7, 11) is -3.02. The number of halogens is 2. The van der Waals surface area contributed by atoms with E-state index in [1.54, 1.807) is 0 Å². The zero-order valence-electron chi connectivity index (χ0n) is 29.7. The Morgan fingerprint density at radius 2 is 1.15 bits per heavy atom. The topological polar surface area (TPSA) is 25.8 Å². The van der Waals surface area contributed by atoms with Crippen LogP contribution in [0.1, 0.15) is 86.5 Å². The average molecular weight is 819 g/mol. The Balaban J connectivity index is 1.64. The molecule has 3 aromatic carbocycles. The van der Waals surface area contributed by atoms with Crippen LogP contribution >= 0.6 is 43.6 Å². The van der Waals surface area contributed by atoms with Gasteiger partial charge in [0.2, 0.25) is 0 Å². The predicted molar refractivity (Wildman–Crippen MR) is 223 cm³/mol. The summed E-state index contributed by atoms with van der Waals surface area (Å²) in [5.74, 6) is 7.07. The number of hydrogen-bond acceptors (Lipinski definition) is 3. The Hall–Kier alpha value is -2.01. The van der Waals surface area contributed by atoms with Crippen molar-refractivity contribution in [2.24, 2.45) is 0 Å². The summed E-state index contributed by atoms with van der Waals surface area (Å²) in [6, 6.07) is 18.7. The van der Waals surface area contributed by atoms with Crippen molar-refractivity contribution in [1.82, 2.24) is 8.75 Å². The van der Waals surface area contributed by atoms with Gasteiger partial charge in [-0.15, -0.1) is 11.1 Å². The van der Waals surface area contributed by atoms with E-state index >= 15 is 0 Å². The lowest BCUT2D eigenvalue weighted by Gasteiger charge is -2.33. The maximum Gasteiger partial charge on any atom is 0.129 e. The van der Waals surface area contributed by atoms with Gasteiger partial charge in [0, 0.05) is 27.2 Å². The first-order chi connectivity index (χ1) is 23.0. The molecule has 1 heterocycles. The van der Waals surface area contributed by atoms with Gasteiger partial charge in [0.1, 0.15) is 27.2 Å². The molecule has 5 rings (SSSR count). The minimum absolute atomic E-state index is 0.0253. The number of alkyl halides is 2. The van der Waals surface area contributed by atoms with Crippen molar-refractivity contribution < 1.29 is 0 Å². The number of unbranched alkanes of at least 4 members (excludes halogenated alkanes) is 6. The molecule has 1 aromatic heterocycles. The molecule has 0 amide bonds. The third-order valence-electron chi connectivity index (χ3n) is 9.22. The van der Waals surface area contributed by atoms with E-state index in [0.29, 0.717) is 0 Å². The van der Waals surface area contributed by atoms with Gasteiger partial charge in [0.25, 0.3) is 0 Å². The molecule has 48 heavy (non-hydrogen) atoms. The molecule has 0 N–H and O–H groups in total. The van der Waals surface area contributed by atoms with Gasteiger partial charge in [-0.1, -0.05) is 146 Å². The molecule has 0 atom stereocenters. The van der Waals surface area contributed by atoms with Gasteiger partial charge < -0.3 is 0 Å². The number of rotatable bonds is 13. The molecule has 0 saturated carbocycles. The van der Waals surface area contributed by atoms with Gasteiger partial charge in [-0.3, -0.25) is 0 Å². The molecule has 7 heteroatoms. The lowest BCUT2D eigenvalue weighted by Crippen LogP contribution is -2.26. The van der Waals surface area contributed by atoms with Crippen LogP contribution in [0.25, 0.3) is 33.3 Å². The van der Waals surface area contributed by atoms with Gasteiger partial charge in [0.15, 0.2) is 0 Å². The second-order valence-corrected chi connectivity index (χ2v) is 27.0. The zero-order chi connectivity index (χ0) is 34.4. The molecule has 252 valence electrons. The van der Waals surface area contributed by atoms with E-state index in [1.165, 1.54) is 104 Å². The standard InChI is InChI=1S/C41H50Br2N2SSi2/c1-47(2,3)27-21-31-15-18-35-36-20-17-33(34-19-16-32(22-28-48(4,5)6)39-40(34)45-46-44-39)30-38(36)41(37(35)29-31,23-11-7-9-13-25-42)24-12-8-10-14-26-43/h15-20,29-30H,7-14,23-26H2,1-6H3. The highest BCUT2D eigenvalue weighted by atomic mass is 79.9. The summed E-state index contributed by atoms with van der Waals surface area (Å²) >= 11 is 8.59. The van der Waals surface area contributed by atoms with Gasteiger partial charge in [0.05, 0.1) is 17.3 Å². The summed E-state index contributed by atoms with van der Waals surface area (Å²) in [5.41, 5.74) is 19.4. The van der Waals surface area contributed by atoms with E-state index in [1.807, 2.05) is 0 Å². The van der Waals surface area contributed by atoms with Gasteiger partial charge in [-0.25, -0.2) is 0 Å². The van der Waals surface area contributed by atoms with E-state index in [4.69, 9.17) is 8.75 Å². The Morgan fingerprint density at radius 3 is 1.77 bits per heavy atom. The minimum atomic E-state index is -1.52. The maximum atomic E-state index is 4.83. The monoisotopic (exact) mass is 816 g/mol. The number of fused-ring (bicyclic) bond motifs is 4. The third-order valence-corrected chi connectivity index (χ3v) is 12.6. The van der Waals surface area contributed by atoms with Crippen LogP contribution in [0.3, 0.4) is 0 Å². The van der Waals surface area contributed by atoms with Crippen LogP contribution in [0.4, 0.5) is 0 Å². The molecule has 1 aliphatic rings. The number of aromatic nitrogens is 2. The van der Waals surface area contributed by atoms with E-state index in [9.17, 15) is 0 Å². The van der Waals surface area contributed by atoms with E-state index in [0.717, 1.165) is 38.4 Å². The highest BCUT2D eigenvalue weighted by Gasteiger charge is 2.42. The minimum Gasteiger partial charge on any atom is -0.172 e. The Labute approximate surface area is 312 Å². The summed E-state index contributed by atoms with van der Waals surface area (Å²) in [6.45, 7) is 13.8. The summed E-state index contributed by atoms with van der Waals surface area (Å²) in [5, 5.41) is 2.17. The van der Waals surface area contributed by atoms with E-state index in [2.05, 4.69) is 143 Å². The first-order valence-electron chi connectivity index (χ1n) is 17.7. The molecule has 0 unspecified atom stereocenters. The molecule has 0 saturated heterocycles. The van der Waals surface area contributed by atoms with E-state index in [-0.39, 0.29) is 5.41 Å². The third kappa shape index (κ3) is 9.01. The molecule has 4 aromatic rings. The highest BCUT2D eigenvalue weighted by molar-refractivity contribution is 9.09. The van der Waals surface area contributed by atoms with Crippen LogP contribution in [0, 0.1) is 22.9 Å². The van der Waals surface area contributed by atoms with Crippen molar-refractivity contribution in [3.63, 3.8) is 0 Å². The Morgan fingerprint density at radius 1 is 0.604 bits per heavy atom. The fourth-order valence-electron chi connectivity index (χ4n) is 6.87. The number of nitrogens with zero attached hydrogens (tertiary/aromatic N) is 2. The van der Waals surface area contributed by atoms with Crippen molar-refractivity contribution in [3.05, 3.63) is 70.8 Å². The SMILES string of the molecule is C[Si](C)(C)C#Cc1ccc2c(c1)C(CCCCCCBr)(CCCCCCBr)c1cc(-c3ccc(C#C[Si](C)(C)C)c4nsnc34)ccc1-2. The molecule has 0 aliphatic heterocycles. The molecule has 1 aliphatic carbocycles.